The molecule has 1 aromatic carbocycles. The zero-order valence-electron chi connectivity index (χ0n) is 14.6. The molecule has 1 atom stereocenters. The van der Waals surface area contributed by atoms with Crippen LogP contribution in [0.15, 0.2) is 18.2 Å². The molecule has 2 heterocycles. The van der Waals surface area contributed by atoms with Gasteiger partial charge in [-0.25, -0.2) is 0 Å². The fraction of sp³-hybridized carbons (Fsp3) is 0.529. The van der Waals surface area contributed by atoms with Crippen molar-refractivity contribution in [2.45, 2.75) is 45.9 Å². The van der Waals surface area contributed by atoms with Crippen molar-refractivity contribution >= 4 is 23.3 Å². The van der Waals surface area contributed by atoms with Crippen molar-refractivity contribution in [1.29, 1.82) is 0 Å². The van der Waals surface area contributed by atoms with Crippen molar-refractivity contribution in [2.24, 2.45) is 5.41 Å². The van der Waals surface area contributed by atoms with E-state index < -0.39 is 34.1 Å². The van der Waals surface area contributed by atoms with E-state index in [4.69, 9.17) is 9.47 Å². The van der Waals surface area contributed by atoms with Gasteiger partial charge in [0, 0.05) is 44.6 Å². The molecule has 2 aliphatic rings. The summed E-state index contributed by atoms with van der Waals surface area (Å²) in [5.74, 6) is -2.63. The Labute approximate surface area is 144 Å². The van der Waals surface area contributed by atoms with Crippen molar-refractivity contribution in [3.8, 4) is 0 Å². The highest BCUT2D eigenvalue weighted by Gasteiger charge is 2.62. The zero-order chi connectivity index (χ0) is 18.6. The maximum absolute atomic E-state index is 12.8. The number of ether oxygens (including phenoxy) is 2. The SMILES string of the molecule is CCN1c2ccc([N+](=O)[O-])cc2CC2(C(=O)OC(C)(C)OC2=O)[C@@H]1C. The van der Waals surface area contributed by atoms with Crippen molar-refractivity contribution in [1.82, 2.24) is 0 Å². The molecule has 25 heavy (non-hydrogen) atoms. The van der Waals surface area contributed by atoms with Crippen LogP contribution >= 0.6 is 0 Å². The standard InChI is InChI=1S/C17H20N2O6/c1-5-18-10(2)17(14(20)24-16(3,4)25-15(17)21)9-11-8-12(19(22)23)6-7-13(11)18/h6-8,10H,5,9H2,1-4H3/t10-/m0/s1. The lowest BCUT2D eigenvalue weighted by Gasteiger charge is -2.50. The number of carbonyl (C=O) groups is 2. The van der Waals surface area contributed by atoms with E-state index in [1.807, 2.05) is 11.8 Å². The summed E-state index contributed by atoms with van der Waals surface area (Å²) >= 11 is 0. The number of carbonyl (C=O) groups excluding carboxylic acids is 2. The molecule has 0 N–H and O–H groups in total. The number of non-ortho nitro benzene ring substituents is 1. The fourth-order valence-electron chi connectivity index (χ4n) is 3.69. The van der Waals surface area contributed by atoms with E-state index in [1.54, 1.807) is 13.0 Å². The summed E-state index contributed by atoms with van der Waals surface area (Å²) in [7, 11) is 0. The molecule has 3 rings (SSSR count). The molecule has 0 aliphatic carbocycles. The molecular weight excluding hydrogens is 328 g/mol. The molecule has 1 fully saturated rings. The van der Waals surface area contributed by atoms with Gasteiger partial charge in [-0.2, -0.15) is 0 Å². The zero-order valence-corrected chi connectivity index (χ0v) is 14.6. The summed E-state index contributed by atoms with van der Waals surface area (Å²) < 4.78 is 10.7. The lowest BCUT2D eigenvalue weighted by molar-refractivity contribution is -0.384. The summed E-state index contributed by atoms with van der Waals surface area (Å²) in [4.78, 5) is 38.1. The average molecular weight is 348 g/mol. The van der Waals surface area contributed by atoms with Crippen molar-refractivity contribution in [2.75, 3.05) is 11.4 Å². The van der Waals surface area contributed by atoms with Crippen LogP contribution in [0.4, 0.5) is 11.4 Å². The molecule has 2 aliphatic heterocycles. The number of anilines is 1. The van der Waals surface area contributed by atoms with Crippen LogP contribution in [0, 0.1) is 15.5 Å². The summed E-state index contributed by atoms with van der Waals surface area (Å²) in [6.07, 6.45) is 0.00935. The molecule has 0 aromatic heterocycles. The number of hydrogen-bond donors (Lipinski definition) is 0. The number of fused-ring (bicyclic) bond motifs is 1. The minimum Gasteiger partial charge on any atom is -0.422 e. The van der Waals surface area contributed by atoms with Gasteiger partial charge in [-0.3, -0.25) is 19.7 Å². The number of cyclic esters (lactones) is 2. The first-order valence-corrected chi connectivity index (χ1v) is 8.13. The van der Waals surface area contributed by atoms with Gasteiger partial charge in [-0.15, -0.1) is 0 Å². The molecule has 0 bridgehead atoms. The van der Waals surface area contributed by atoms with Gasteiger partial charge in [0.1, 0.15) is 0 Å². The first kappa shape index (κ1) is 17.2. The molecule has 0 radical (unpaired) electrons. The van der Waals surface area contributed by atoms with E-state index in [-0.39, 0.29) is 12.1 Å². The highest BCUT2D eigenvalue weighted by Crippen LogP contribution is 2.47. The Morgan fingerprint density at radius 3 is 2.40 bits per heavy atom. The highest BCUT2D eigenvalue weighted by atomic mass is 16.7. The molecule has 0 unspecified atom stereocenters. The van der Waals surface area contributed by atoms with Gasteiger partial charge in [-0.05, 0) is 25.5 Å². The van der Waals surface area contributed by atoms with Crippen molar-refractivity contribution < 1.29 is 24.0 Å². The van der Waals surface area contributed by atoms with Crippen LogP contribution in [-0.2, 0) is 25.5 Å². The van der Waals surface area contributed by atoms with Crippen molar-refractivity contribution in [3.05, 3.63) is 33.9 Å². The number of nitrogens with zero attached hydrogens (tertiary/aromatic N) is 2. The van der Waals surface area contributed by atoms with Gasteiger partial charge in [-0.1, -0.05) is 0 Å². The molecule has 1 spiro atoms. The Kier molecular flexibility index (Phi) is 3.74. The topological polar surface area (TPSA) is 99.0 Å². The predicted molar refractivity (Wildman–Crippen MR) is 88.0 cm³/mol. The smallest absolute Gasteiger partial charge is 0.329 e. The van der Waals surface area contributed by atoms with Gasteiger partial charge in [0.2, 0.25) is 0 Å². The number of nitro groups is 1. The number of nitro benzene ring substituents is 1. The Morgan fingerprint density at radius 1 is 1.28 bits per heavy atom. The van der Waals surface area contributed by atoms with Gasteiger partial charge >= 0.3 is 11.9 Å². The highest BCUT2D eigenvalue weighted by molar-refractivity contribution is 6.04. The average Bonchev–Trinajstić information content (AvgIpc) is 2.51. The summed E-state index contributed by atoms with van der Waals surface area (Å²) in [6.45, 7) is 7.19. The lowest BCUT2D eigenvalue weighted by atomic mass is 9.71. The third-order valence-electron chi connectivity index (χ3n) is 4.98. The predicted octanol–water partition coefficient (Wildman–Crippen LogP) is 2.19. The fourth-order valence-corrected chi connectivity index (χ4v) is 3.69. The van der Waals surface area contributed by atoms with E-state index in [2.05, 4.69) is 0 Å². The molecule has 8 heteroatoms. The van der Waals surface area contributed by atoms with Gasteiger partial charge < -0.3 is 14.4 Å². The van der Waals surface area contributed by atoms with E-state index in [9.17, 15) is 19.7 Å². The quantitative estimate of drug-likeness (QED) is 0.349. The molecule has 0 saturated carbocycles. The Balaban J connectivity index is 2.15. The van der Waals surface area contributed by atoms with Crippen LogP contribution in [0.5, 0.6) is 0 Å². The Hall–Kier alpha value is -2.64. The third kappa shape index (κ3) is 2.43. The number of benzene rings is 1. The van der Waals surface area contributed by atoms with E-state index in [1.165, 1.54) is 26.0 Å². The van der Waals surface area contributed by atoms with E-state index in [0.717, 1.165) is 5.69 Å². The Bertz CT molecular complexity index is 752. The molecule has 8 nitrogen and oxygen atoms in total. The molecule has 1 saturated heterocycles. The van der Waals surface area contributed by atoms with Crippen LogP contribution in [0.1, 0.15) is 33.3 Å². The minimum atomic E-state index is -1.53. The number of esters is 2. The van der Waals surface area contributed by atoms with Gasteiger partial charge in [0.25, 0.3) is 11.5 Å². The van der Waals surface area contributed by atoms with Crippen LogP contribution in [-0.4, -0.2) is 35.2 Å². The Morgan fingerprint density at radius 2 is 1.88 bits per heavy atom. The molecular formula is C17H20N2O6. The monoisotopic (exact) mass is 348 g/mol. The molecule has 0 amide bonds. The number of rotatable bonds is 2. The second kappa shape index (κ2) is 5.44. The van der Waals surface area contributed by atoms with Crippen LogP contribution < -0.4 is 4.90 Å². The lowest BCUT2D eigenvalue weighted by Crippen LogP contribution is -2.65. The second-order valence-corrected chi connectivity index (χ2v) is 6.86. The maximum Gasteiger partial charge on any atom is 0.329 e. The summed E-state index contributed by atoms with van der Waals surface area (Å²) in [6, 6.07) is 3.99. The number of hydrogen-bond acceptors (Lipinski definition) is 7. The van der Waals surface area contributed by atoms with Crippen molar-refractivity contribution in [3.63, 3.8) is 0 Å². The van der Waals surface area contributed by atoms with Crippen LogP contribution in [0.25, 0.3) is 0 Å². The largest absolute Gasteiger partial charge is 0.422 e. The van der Waals surface area contributed by atoms with Crippen LogP contribution in [0.2, 0.25) is 0 Å². The second-order valence-electron chi connectivity index (χ2n) is 6.86. The summed E-state index contributed by atoms with van der Waals surface area (Å²) in [5.41, 5.74) is -0.287. The third-order valence-corrected chi connectivity index (χ3v) is 4.98. The minimum absolute atomic E-state index is 0.00935. The molecule has 134 valence electrons. The molecule has 1 aromatic rings. The van der Waals surface area contributed by atoms with Gasteiger partial charge in [0.15, 0.2) is 5.41 Å². The first-order chi connectivity index (χ1) is 11.6. The normalized spacial score (nSPS) is 23.7. The van der Waals surface area contributed by atoms with Gasteiger partial charge in [0.05, 0.1) is 11.0 Å². The summed E-state index contributed by atoms with van der Waals surface area (Å²) in [5, 5.41) is 11.1. The maximum atomic E-state index is 12.8. The van der Waals surface area contributed by atoms with E-state index in [0.29, 0.717) is 12.1 Å². The van der Waals surface area contributed by atoms with Crippen LogP contribution in [0.3, 0.4) is 0 Å². The van der Waals surface area contributed by atoms with E-state index >= 15 is 0 Å². The first-order valence-electron chi connectivity index (χ1n) is 8.13.